The lowest BCUT2D eigenvalue weighted by Crippen LogP contribution is -1.99. The molecule has 2 rings (SSSR count). The second kappa shape index (κ2) is 5.09. The highest BCUT2D eigenvalue weighted by Crippen LogP contribution is 2.28. The summed E-state index contributed by atoms with van der Waals surface area (Å²) in [5.41, 5.74) is 1.60. The Hall–Kier alpha value is -1.37. The van der Waals surface area contributed by atoms with Crippen molar-refractivity contribution in [2.75, 3.05) is 5.32 Å². The van der Waals surface area contributed by atoms with E-state index in [9.17, 15) is 8.42 Å². The molecule has 6 heteroatoms. The number of halogens is 1. The predicted octanol–water partition coefficient (Wildman–Crippen LogP) is 3.44. The van der Waals surface area contributed by atoms with Gasteiger partial charge in [0.25, 0.3) is 10.1 Å². The molecular formula is C12H10BrNO3S. The third-order valence-electron chi connectivity index (χ3n) is 2.29. The Morgan fingerprint density at radius 1 is 1.06 bits per heavy atom. The fraction of sp³-hybridized carbons (Fsp3) is 0. The molecule has 0 amide bonds. The van der Waals surface area contributed by atoms with Gasteiger partial charge in [-0.05, 0) is 46.3 Å². The zero-order chi connectivity index (χ0) is 13.2. The van der Waals surface area contributed by atoms with Crippen LogP contribution in [0.5, 0.6) is 0 Å². The Kier molecular flexibility index (Phi) is 3.70. The molecule has 0 spiro atoms. The minimum atomic E-state index is -4.17. The molecule has 0 saturated carbocycles. The van der Waals surface area contributed by atoms with Gasteiger partial charge in [-0.25, -0.2) is 0 Å². The van der Waals surface area contributed by atoms with Gasteiger partial charge >= 0.3 is 0 Å². The molecule has 0 radical (unpaired) electrons. The van der Waals surface area contributed by atoms with Crippen molar-refractivity contribution in [1.29, 1.82) is 0 Å². The molecule has 2 aromatic rings. The van der Waals surface area contributed by atoms with Crippen LogP contribution < -0.4 is 5.32 Å². The summed E-state index contributed by atoms with van der Waals surface area (Å²) in [6, 6.07) is 13.7. The van der Waals surface area contributed by atoms with Gasteiger partial charge in [-0.15, -0.1) is 0 Å². The topological polar surface area (TPSA) is 66.4 Å². The van der Waals surface area contributed by atoms with E-state index in [0.29, 0.717) is 10.2 Å². The van der Waals surface area contributed by atoms with Crippen LogP contribution >= 0.6 is 15.9 Å². The van der Waals surface area contributed by atoms with E-state index in [-0.39, 0.29) is 4.90 Å². The largest absolute Gasteiger partial charge is 0.355 e. The minimum Gasteiger partial charge on any atom is -0.355 e. The van der Waals surface area contributed by atoms with E-state index in [1.165, 1.54) is 12.1 Å². The highest BCUT2D eigenvalue weighted by molar-refractivity contribution is 9.10. The van der Waals surface area contributed by atoms with Gasteiger partial charge < -0.3 is 5.32 Å². The highest BCUT2D eigenvalue weighted by Gasteiger charge is 2.11. The van der Waals surface area contributed by atoms with Crippen LogP contribution in [-0.2, 0) is 10.1 Å². The van der Waals surface area contributed by atoms with Crippen LogP contribution in [0.3, 0.4) is 0 Å². The Labute approximate surface area is 114 Å². The lowest BCUT2D eigenvalue weighted by atomic mass is 10.3. The number of benzene rings is 2. The van der Waals surface area contributed by atoms with Crippen molar-refractivity contribution in [1.82, 2.24) is 0 Å². The first-order chi connectivity index (χ1) is 8.47. The third-order valence-corrected chi connectivity index (χ3v) is 3.80. The number of hydrogen-bond donors (Lipinski definition) is 2. The van der Waals surface area contributed by atoms with E-state index in [0.717, 1.165) is 5.69 Å². The molecule has 0 aliphatic carbocycles. The van der Waals surface area contributed by atoms with Crippen molar-refractivity contribution in [3.8, 4) is 0 Å². The summed E-state index contributed by atoms with van der Waals surface area (Å²) >= 11 is 3.26. The van der Waals surface area contributed by atoms with Crippen LogP contribution in [0.1, 0.15) is 0 Å². The first kappa shape index (κ1) is 13.1. The second-order valence-electron chi connectivity index (χ2n) is 3.61. The van der Waals surface area contributed by atoms with Gasteiger partial charge in [-0.3, -0.25) is 4.55 Å². The maximum absolute atomic E-state index is 11.0. The summed E-state index contributed by atoms with van der Waals surface area (Å²) in [6.07, 6.45) is 0. The number of para-hydroxylation sites is 1. The quantitative estimate of drug-likeness (QED) is 0.847. The molecular weight excluding hydrogens is 318 g/mol. The van der Waals surface area contributed by atoms with Gasteiger partial charge in [0.1, 0.15) is 0 Å². The number of nitrogens with one attached hydrogen (secondary N) is 1. The van der Waals surface area contributed by atoms with Crippen molar-refractivity contribution in [2.45, 2.75) is 4.90 Å². The van der Waals surface area contributed by atoms with Gasteiger partial charge in [0, 0.05) is 10.2 Å². The lowest BCUT2D eigenvalue weighted by Gasteiger charge is -2.09. The van der Waals surface area contributed by atoms with E-state index in [1.807, 2.05) is 30.3 Å². The summed E-state index contributed by atoms with van der Waals surface area (Å²) in [4.78, 5) is -0.145. The Morgan fingerprint density at radius 2 is 1.72 bits per heavy atom. The minimum absolute atomic E-state index is 0.145. The van der Waals surface area contributed by atoms with Crippen molar-refractivity contribution in [3.63, 3.8) is 0 Å². The van der Waals surface area contributed by atoms with Gasteiger partial charge in [0.05, 0.1) is 10.6 Å². The molecule has 0 unspecified atom stereocenters. The van der Waals surface area contributed by atoms with Crippen molar-refractivity contribution >= 4 is 37.4 Å². The van der Waals surface area contributed by atoms with E-state index in [1.54, 1.807) is 6.07 Å². The Morgan fingerprint density at radius 3 is 2.28 bits per heavy atom. The molecule has 2 N–H and O–H groups in total. The van der Waals surface area contributed by atoms with Crippen molar-refractivity contribution in [2.24, 2.45) is 0 Å². The first-order valence-corrected chi connectivity index (χ1v) is 7.29. The zero-order valence-electron chi connectivity index (χ0n) is 9.17. The molecule has 0 saturated heterocycles. The Bertz CT molecular complexity index is 656. The molecule has 18 heavy (non-hydrogen) atoms. The fourth-order valence-corrected chi connectivity index (χ4v) is 2.57. The van der Waals surface area contributed by atoms with E-state index in [4.69, 9.17) is 4.55 Å². The molecule has 0 atom stereocenters. The van der Waals surface area contributed by atoms with Crippen LogP contribution in [-0.4, -0.2) is 13.0 Å². The summed E-state index contributed by atoms with van der Waals surface area (Å²) in [6.45, 7) is 0. The van der Waals surface area contributed by atoms with Gasteiger partial charge in [0.15, 0.2) is 0 Å². The van der Waals surface area contributed by atoms with Gasteiger partial charge in [0.2, 0.25) is 0 Å². The molecule has 0 aromatic heterocycles. The molecule has 0 aliphatic heterocycles. The molecule has 0 fully saturated rings. The maximum atomic E-state index is 11.0. The number of hydrogen-bond acceptors (Lipinski definition) is 3. The summed E-state index contributed by atoms with van der Waals surface area (Å²) in [5.74, 6) is 0. The molecule has 2 aromatic carbocycles. The van der Waals surface area contributed by atoms with Crippen LogP contribution in [0, 0.1) is 0 Å². The van der Waals surface area contributed by atoms with E-state index < -0.39 is 10.1 Å². The standard InChI is InChI=1S/C12H10BrNO3S/c13-11-8-10(18(15,16)17)6-7-12(11)14-9-4-2-1-3-5-9/h1-8,14H,(H,15,16,17). The summed E-state index contributed by atoms with van der Waals surface area (Å²) in [5, 5.41) is 3.13. The predicted molar refractivity (Wildman–Crippen MR) is 73.7 cm³/mol. The maximum Gasteiger partial charge on any atom is 0.294 e. The second-order valence-corrected chi connectivity index (χ2v) is 5.88. The zero-order valence-corrected chi connectivity index (χ0v) is 11.6. The van der Waals surface area contributed by atoms with Crippen molar-refractivity contribution in [3.05, 3.63) is 53.0 Å². The number of anilines is 2. The molecule has 0 heterocycles. The average molecular weight is 328 g/mol. The Balaban J connectivity index is 2.32. The lowest BCUT2D eigenvalue weighted by molar-refractivity contribution is 0.483. The fourth-order valence-electron chi connectivity index (χ4n) is 1.43. The molecule has 4 nitrogen and oxygen atoms in total. The van der Waals surface area contributed by atoms with E-state index >= 15 is 0 Å². The van der Waals surface area contributed by atoms with Crippen molar-refractivity contribution < 1.29 is 13.0 Å². The normalized spacial score (nSPS) is 11.2. The molecule has 0 aliphatic rings. The third kappa shape index (κ3) is 3.10. The van der Waals surface area contributed by atoms with Gasteiger partial charge in [-0.2, -0.15) is 8.42 Å². The monoisotopic (exact) mass is 327 g/mol. The molecule has 0 bridgehead atoms. The highest BCUT2D eigenvalue weighted by atomic mass is 79.9. The SMILES string of the molecule is O=S(=O)(O)c1ccc(Nc2ccccc2)c(Br)c1. The number of rotatable bonds is 3. The van der Waals surface area contributed by atoms with E-state index in [2.05, 4.69) is 21.2 Å². The van der Waals surface area contributed by atoms with Crippen LogP contribution in [0.25, 0.3) is 0 Å². The van der Waals surface area contributed by atoms with Gasteiger partial charge in [-0.1, -0.05) is 18.2 Å². The van der Waals surface area contributed by atoms with Crippen LogP contribution in [0.4, 0.5) is 11.4 Å². The first-order valence-electron chi connectivity index (χ1n) is 5.06. The summed E-state index contributed by atoms with van der Waals surface area (Å²) < 4.78 is 31.4. The molecule has 94 valence electrons. The summed E-state index contributed by atoms with van der Waals surface area (Å²) in [7, 11) is -4.17. The van der Waals surface area contributed by atoms with Crippen LogP contribution in [0.15, 0.2) is 57.9 Å². The smallest absolute Gasteiger partial charge is 0.294 e. The average Bonchev–Trinajstić information content (AvgIpc) is 2.32. The van der Waals surface area contributed by atoms with Crippen LogP contribution in [0.2, 0.25) is 0 Å².